The standard InChI is InChI=1S/C16H20N2O4/c1-9-7-6-8-11-12(9)14(20)21-15(18-11)17-10(2)13(19)22-16(3,4)5/h6-8,10H,1-5H3,(H,17,18)/t10-/m1/s1. The fraction of sp³-hybridized carbons (Fsp3) is 0.438. The van der Waals surface area contributed by atoms with Crippen LogP contribution in [0, 0.1) is 6.92 Å². The summed E-state index contributed by atoms with van der Waals surface area (Å²) >= 11 is 0. The minimum atomic E-state index is -0.683. The Bertz CT molecular complexity index is 759. The first-order chi connectivity index (χ1) is 10.2. The zero-order valence-electron chi connectivity index (χ0n) is 13.4. The van der Waals surface area contributed by atoms with Crippen LogP contribution < -0.4 is 10.9 Å². The van der Waals surface area contributed by atoms with Crippen molar-refractivity contribution in [1.82, 2.24) is 4.98 Å². The molecule has 0 unspecified atom stereocenters. The highest BCUT2D eigenvalue weighted by Crippen LogP contribution is 2.16. The van der Waals surface area contributed by atoms with Crippen molar-refractivity contribution in [2.24, 2.45) is 0 Å². The number of esters is 1. The zero-order chi connectivity index (χ0) is 16.5. The highest BCUT2D eigenvalue weighted by Gasteiger charge is 2.22. The van der Waals surface area contributed by atoms with Crippen molar-refractivity contribution >= 4 is 22.9 Å². The first kappa shape index (κ1) is 16.0. The van der Waals surface area contributed by atoms with Crippen molar-refractivity contribution in [3.63, 3.8) is 0 Å². The van der Waals surface area contributed by atoms with Crippen LogP contribution in [0.25, 0.3) is 10.9 Å². The lowest BCUT2D eigenvalue weighted by molar-refractivity contribution is -0.155. The van der Waals surface area contributed by atoms with Crippen LogP contribution in [0.1, 0.15) is 33.3 Å². The predicted octanol–water partition coefficient (Wildman–Crippen LogP) is 2.64. The van der Waals surface area contributed by atoms with Crippen LogP contribution in [0.4, 0.5) is 6.01 Å². The number of anilines is 1. The molecule has 1 heterocycles. The van der Waals surface area contributed by atoms with E-state index in [1.54, 1.807) is 33.8 Å². The summed E-state index contributed by atoms with van der Waals surface area (Å²) in [5, 5.41) is 3.21. The van der Waals surface area contributed by atoms with E-state index in [0.29, 0.717) is 10.9 Å². The van der Waals surface area contributed by atoms with Gasteiger partial charge in [-0.15, -0.1) is 0 Å². The molecule has 118 valence electrons. The third-order valence-electron chi connectivity index (χ3n) is 2.97. The van der Waals surface area contributed by atoms with Gasteiger partial charge < -0.3 is 14.5 Å². The molecule has 0 aliphatic carbocycles. The summed E-state index contributed by atoms with van der Waals surface area (Å²) in [5.74, 6) is -0.443. The number of nitrogens with zero attached hydrogens (tertiary/aromatic N) is 1. The molecule has 22 heavy (non-hydrogen) atoms. The first-order valence-corrected chi connectivity index (χ1v) is 7.07. The van der Waals surface area contributed by atoms with Crippen molar-refractivity contribution < 1.29 is 13.9 Å². The third-order valence-corrected chi connectivity index (χ3v) is 2.97. The number of fused-ring (bicyclic) bond motifs is 1. The van der Waals surface area contributed by atoms with Crippen molar-refractivity contribution in [3.8, 4) is 0 Å². The average molecular weight is 304 g/mol. The Balaban J connectivity index is 2.26. The van der Waals surface area contributed by atoms with Crippen LogP contribution in [0.3, 0.4) is 0 Å². The van der Waals surface area contributed by atoms with Gasteiger partial charge in [-0.05, 0) is 46.2 Å². The zero-order valence-corrected chi connectivity index (χ0v) is 13.4. The maximum absolute atomic E-state index is 12.0. The monoisotopic (exact) mass is 304 g/mol. The third kappa shape index (κ3) is 3.63. The summed E-state index contributed by atoms with van der Waals surface area (Å²) in [7, 11) is 0. The Labute approximate surface area is 128 Å². The van der Waals surface area contributed by atoms with Gasteiger partial charge in [-0.25, -0.2) is 9.59 Å². The molecule has 0 fully saturated rings. The summed E-state index contributed by atoms with van der Waals surface area (Å²) in [5.41, 5.74) is 0.254. The largest absolute Gasteiger partial charge is 0.458 e. The van der Waals surface area contributed by atoms with Crippen LogP contribution in [-0.2, 0) is 9.53 Å². The van der Waals surface area contributed by atoms with E-state index < -0.39 is 23.2 Å². The molecule has 1 N–H and O–H groups in total. The second-order valence-electron chi connectivity index (χ2n) is 6.18. The van der Waals surface area contributed by atoms with E-state index >= 15 is 0 Å². The van der Waals surface area contributed by atoms with Gasteiger partial charge in [0.15, 0.2) is 0 Å². The number of hydrogen-bond acceptors (Lipinski definition) is 6. The summed E-state index contributed by atoms with van der Waals surface area (Å²) in [6.07, 6.45) is 0. The summed E-state index contributed by atoms with van der Waals surface area (Å²) < 4.78 is 10.4. The summed E-state index contributed by atoms with van der Waals surface area (Å²) in [4.78, 5) is 28.2. The Morgan fingerprint density at radius 1 is 1.36 bits per heavy atom. The molecule has 0 aliphatic heterocycles. The van der Waals surface area contributed by atoms with E-state index in [9.17, 15) is 9.59 Å². The molecular formula is C16H20N2O4. The lowest BCUT2D eigenvalue weighted by Crippen LogP contribution is -2.35. The topological polar surface area (TPSA) is 81.4 Å². The molecule has 6 nitrogen and oxygen atoms in total. The number of benzene rings is 1. The fourth-order valence-corrected chi connectivity index (χ4v) is 1.98. The van der Waals surface area contributed by atoms with Gasteiger partial charge in [-0.3, -0.25) is 0 Å². The first-order valence-electron chi connectivity index (χ1n) is 7.07. The number of aryl methyl sites for hydroxylation is 1. The summed E-state index contributed by atoms with van der Waals surface area (Å²) in [6.45, 7) is 8.80. The minimum Gasteiger partial charge on any atom is -0.458 e. The molecule has 0 saturated heterocycles. The maximum atomic E-state index is 12.0. The Kier molecular flexibility index (Phi) is 4.21. The maximum Gasteiger partial charge on any atom is 0.348 e. The van der Waals surface area contributed by atoms with Crippen LogP contribution >= 0.6 is 0 Å². The number of hydrogen-bond donors (Lipinski definition) is 1. The molecule has 6 heteroatoms. The molecule has 1 atom stereocenters. The molecule has 1 aromatic heterocycles. The SMILES string of the molecule is Cc1cccc2nc(N[C@H](C)C(=O)OC(C)(C)C)oc(=O)c12. The van der Waals surface area contributed by atoms with Gasteiger partial charge in [0.25, 0.3) is 6.01 Å². The summed E-state index contributed by atoms with van der Waals surface area (Å²) in [6, 6.07) is 4.67. The average Bonchev–Trinajstić information content (AvgIpc) is 2.36. The highest BCUT2D eigenvalue weighted by atomic mass is 16.6. The van der Waals surface area contributed by atoms with Gasteiger partial charge in [0.05, 0.1) is 10.9 Å². The second-order valence-corrected chi connectivity index (χ2v) is 6.18. The quantitative estimate of drug-likeness (QED) is 0.878. The predicted molar refractivity (Wildman–Crippen MR) is 83.9 cm³/mol. The van der Waals surface area contributed by atoms with Crippen LogP contribution in [0.5, 0.6) is 0 Å². The van der Waals surface area contributed by atoms with Crippen molar-refractivity contribution in [2.45, 2.75) is 46.3 Å². The number of aromatic nitrogens is 1. The van der Waals surface area contributed by atoms with Gasteiger partial charge in [0.2, 0.25) is 0 Å². The van der Waals surface area contributed by atoms with E-state index in [2.05, 4.69) is 10.3 Å². The molecule has 0 saturated carbocycles. The van der Waals surface area contributed by atoms with Gasteiger partial charge in [0, 0.05) is 0 Å². The lowest BCUT2D eigenvalue weighted by Gasteiger charge is -2.22. The molecule has 0 spiro atoms. The van der Waals surface area contributed by atoms with E-state index in [1.807, 2.05) is 19.1 Å². The lowest BCUT2D eigenvalue weighted by atomic mass is 10.1. The highest BCUT2D eigenvalue weighted by molar-refractivity contribution is 5.82. The van der Waals surface area contributed by atoms with Crippen LogP contribution in [0.15, 0.2) is 27.4 Å². The van der Waals surface area contributed by atoms with E-state index in [1.165, 1.54) is 0 Å². The molecular weight excluding hydrogens is 284 g/mol. The van der Waals surface area contributed by atoms with Gasteiger partial charge in [-0.1, -0.05) is 12.1 Å². The van der Waals surface area contributed by atoms with Gasteiger partial charge in [-0.2, -0.15) is 4.98 Å². The van der Waals surface area contributed by atoms with Gasteiger partial charge in [0.1, 0.15) is 11.6 Å². The molecule has 0 radical (unpaired) electrons. The molecule has 2 aromatic rings. The fourth-order valence-electron chi connectivity index (χ4n) is 1.98. The number of rotatable bonds is 3. The smallest absolute Gasteiger partial charge is 0.348 e. The van der Waals surface area contributed by atoms with E-state index in [0.717, 1.165) is 5.56 Å². The van der Waals surface area contributed by atoms with Gasteiger partial charge >= 0.3 is 11.6 Å². The van der Waals surface area contributed by atoms with Crippen molar-refractivity contribution in [2.75, 3.05) is 5.32 Å². The normalized spacial score (nSPS) is 13.0. The van der Waals surface area contributed by atoms with Crippen LogP contribution in [0.2, 0.25) is 0 Å². The second kappa shape index (κ2) is 5.79. The molecule has 0 bridgehead atoms. The number of carbonyl (C=O) groups is 1. The number of carbonyl (C=O) groups excluding carboxylic acids is 1. The van der Waals surface area contributed by atoms with E-state index in [4.69, 9.17) is 9.15 Å². The molecule has 1 aromatic carbocycles. The van der Waals surface area contributed by atoms with Crippen molar-refractivity contribution in [3.05, 3.63) is 34.2 Å². The molecule has 0 aliphatic rings. The van der Waals surface area contributed by atoms with Crippen molar-refractivity contribution in [1.29, 1.82) is 0 Å². The Morgan fingerprint density at radius 3 is 2.68 bits per heavy atom. The van der Waals surface area contributed by atoms with Crippen LogP contribution in [-0.4, -0.2) is 22.6 Å². The minimum absolute atomic E-state index is 0.00135. The Morgan fingerprint density at radius 2 is 2.05 bits per heavy atom. The number of nitrogens with one attached hydrogen (secondary N) is 1. The van der Waals surface area contributed by atoms with E-state index in [-0.39, 0.29) is 6.01 Å². The number of ether oxygens (including phenoxy) is 1. The molecule has 2 rings (SSSR count). The molecule has 0 amide bonds. The Hall–Kier alpha value is -2.37.